The molecule has 1 amide bonds. The van der Waals surface area contributed by atoms with E-state index in [1.54, 1.807) is 36.4 Å². The second kappa shape index (κ2) is 6.61. The SMILES string of the molecule is CCOc1ccccc1C(=O)NCc1ccccc1O. The number of hydrogen-bond donors (Lipinski definition) is 2. The summed E-state index contributed by atoms with van der Waals surface area (Å²) in [4.78, 5) is 12.2. The van der Waals surface area contributed by atoms with Gasteiger partial charge in [-0.1, -0.05) is 30.3 Å². The van der Waals surface area contributed by atoms with Crippen molar-refractivity contribution in [2.75, 3.05) is 6.61 Å². The molecule has 2 aromatic rings. The number of carbonyl (C=O) groups is 1. The number of carbonyl (C=O) groups excluding carboxylic acids is 1. The summed E-state index contributed by atoms with van der Waals surface area (Å²) in [6.07, 6.45) is 0. The van der Waals surface area contributed by atoms with Gasteiger partial charge >= 0.3 is 0 Å². The van der Waals surface area contributed by atoms with Crippen LogP contribution in [0.25, 0.3) is 0 Å². The monoisotopic (exact) mass is 271 g/mol. The highest BCUT2D eigenvalue weighted by Gasteiger charge is 2.11. The molecule has 20 heavy (non-hydrogen) atoms. The highest BCUT2D eigenvalue weighted by atomic mass is 16.5. The van der Waals surface area contributed by atoms with Crippen LogP contribution in [0.15, 0.2) is 48.5 Å². The zero-order chi connectivity index (χ0) is 14.4. The molecule has 4 nitrogen and oxygen atoms in total. The molecule has 0 heterocycles. The summed E-state index contributed by atoms with van der Waals surface area (Å²) in [6, 6.07) is 14.0. The van der Waals surface area contributed by atoms with Crippen molar-refractivity contribution in [1.29, 1.82) is 0 Å². The van der Waals surface area contributed by atoms with Gasteiger partial charge in [0.1, 0.15) is 11.5 Å². The van der Waals surface area contributed by atoms with Gasteiger partial charge in [0.15, 0.2) is 0 Å². The Hall–Kier alpha value is -2.49. The van der Waals surface area contributed by atoms with Crippen molar-refractivity contribution in [3.8, 4) is 11.5 Å². The standard InChI is InChI=1S/C16H17NO3/c1-2-20-15-10-6-4-8-13(15)16(19)17-11-12-7-3-5-9-14(12)18/h3-10,18H,2,11H2,1H3,(H,17,19). The van der Waals surface area contributed by atoms with Gasteiger partial charge < -0.3 is 15.2 Å². The molecular formula is C16H17NO3. The number of hydrogen-bond acceptors (Lipinski definition) is 3. The Labute approximate surface area is 118 Å². The first-order chi connectivity index (χ1) is 9.72. The highest BCUT2D eigenvalue weighted by Crippen LogP contribution is 2.19. The second-order valence-corrected chi connectivity index (χ2v) is 4.24. The van der Waals surface area contributed by atoms with Crippen molar-refractivity contribution in [1.82, 2.24) is 5.32 Å². The molecule has 0 unspecified atom stereocenters. The summed E-state index contributed by atoms with van der Waals surface area (Å²) >= 11 is 0. The lowest BCUT2D eigenvalue weighted by atomic mass is 10.1. The number of phenols is 1. The number of ether oxygens (including phenoxy) is 1. The molecular weight excluding hydrogens is 254 g/mol. The van der Waals surface area contributed by atoms with Gasteiger partial charge in [0.2, 0.25) is 0 Å². The predicted molar refractivity (Wildman–Crippen MR) is 76.9 cm³/mol. The third-order valence-electron chi connectivity index (χ3n) is 2.86. The lowest BCUT2D eigenvalue weighted by Gasteiger charge is -2.11. The maximum Gasteiger partial charge on any atom is 0.255 e. The fraction of sp³-hybridized carbons (Fsp3) is 0.188. The maximum atomic E-state index is 12.2. The summed E-state index contributed by atoms with van der Waals surface area (Å²) in [6.45, 7) is 2.65. The van der Waals surface area contributed by atoms with E-state index in [0.29, 0.717) is 23.5 Å². The van der Waals surface area contributed by atoms with Crippen LogP contribution in [0.1, 0.15) is 22.8 Å². The van der Waals surface area contributed by atoms with Gasteiger partial charge in [0, 0.05) is 12.1 Å². The molecule has 0 aliphatic heterocycles. The van der Waals surface area contributed by atoms with Crippen LogP contribution in [-0.4, -0.2) is 17.6 Å². The van der Waals surface area contributed by atoms with E-state index in [0.717, 1.165) is 0 Å². The molecule has 0 radical (unpaired) electrons. The average molecular weight is 271 g/mol. The molecule has 2 N–H and O–H groups in total. The lowest BCUT2D eigenvalue weighted by molar-refractivity contribution is 0.0947. The van der Waals surface area contributed by atoms with Gasteiger partial charge in [0.25, 0.3) is 5.91 Å². The van der Waals surface area contributed by atoms with Crippen molar-refractivity contribution in [2.24, 2.45) is 0 Å². The molecule has 2 rings (SSSR count). The summed E-state index contributed by atoms with van der Waals surface area (Å²) in [7, 11) is 0. The van der Waals surface area contributed by atoms with Crippen LogP contribution >= 0.6 is 0 Å². The molecule has 0 aliphatic carbocycles. The molecule has 2 aromatic carbocycles. The summed E-state index contributed by atoms with van der Waals surface area (Å²) < 4.78 is 5.42. The topological polar surface area (TPSA) is 58.6 Å². The molecule has 0 aliphatic rings. The molecule has 0 saturated carbocycles. The van der Waals surface area contributed by atoms with Crippen LogP contribution in [0.4, 0.5) is 0 Å². The van der Waals surface area contributed by atoms with E-state index in [-0.39, 0.29) is 18.2 Å². The van der Waals surface area contributed by atoms with Crippen LogP contribution in [0.2, 0.25) is 0 Å². The molecule has 0 saturated heterocycles. The molecule has 4 heteroatoms. The highest BCUT2D eigenvalue weighted by molar-refractivity contribution is 5.96. The van der Waals surface area contributed by atoms with Crippen molar-refractivity contribution < 1.29 is 14.6 Å². The van der Waals surface area contributed by atoms with Crippen molar-refractivity contribution in [3.05, 3.63) is 59.7 Å². The van der Waals surface area contributed by atoms with E-state index in [2.05, 4.69) is 5.32 Å². The maximum absolute atomic E-state index is 12.2. The molecule has 0 atom stereocenters. The van der Waals surface area contributed by atoms with E-state index >= 15 is 0 Å². The van der Waals surface area contributed by atoms with Gasteiger partial charge in [-0.25, -0.2) is 0 Å². The first-order valence-corrected chi connectivity index (χ1v) is 6.49. The van der Waals surface area contributed by atoms with Crippen LogP contribution in [0.3, 0.4) is 0 Å². The predicted octanol–water partition coefficient (Wildman–Crippen LogP) is 2.72. The van der Waals surface area contributed by atoms with Gasteiger partial charge in [0.05, 0.1) is 12.2 Å². The average Bonchev–Trinajstić information content (AvgIpc) is 2.47. The summed E-state index contributed by atoms with van der Waals surface area (Å²) in [5, 5.41) is 12.4. The molecule has 0 spiro atoms. The van der Waals surface area contributed by atoms with Crippen molar-refractivity contribution in [3.63, 3.8) is 0 Å². The van der Waals surface area contributed by atoms with E-state index in [1.165, 1.54) is 0 Å². The van der Waals surface area contributed by atoms with Gasteiger partial charge in [-0.3, -0.25) is 4.79 Å². The molecule has 0 fully saturated rings. The minimum absolute atomic E-state index is 0.172. The summed E-state index contributed by atoms with van der Waals surface area (Å²) in [5.74, 6) is 0.507. The quantitative estimate of drug-likeness (QED) is 0.879. The van der Waals surface area contributed by atoms with Crippen LogP contribution in [-0.2, 0) is 6.54 Å². The Morgan fingerprint density at radius 2 is 1.85 bits per heavy atom. The molecule has 0 bridgehead atoms. The minimum atomic E-state index is -0.225. The molecule has 0 aromatic heterocycles. The lowest BCUT2D eigenvalue weighted by Crippen LogP contribution is -2.23. The van der Waals surface area contributed by atoms with Gasteiger partial charge in [-0.05, 0) is 25.1 Å². The number of amides is 1. The van der Waals surface area contributed by atoms with Gasteiger partial charge in [-0.15, -0.1) is 0 Å². The number of benzene rings is 2. The van der Waals surface area contributed by atoms with E-state index in [9.17, 15) is 9.90 Å². The van der Waals surface area contributed by atoms with Crippen LogP contribution in [0.5, 0.6) is 11.5 Å². The fourth-order valence-corrected chi connectivity index (χ4v) is 1.87. The number of nitrogens with one attached hydrogen (secondary N) is 1. The van der Waals surface area contributed by atoms with Gasteiger partial charge in [-0.2, -0.15) is 0 Å². The van der Waals surface area contributed by atoms with Crippen molar-refractivity contribution in [2.45, 2.75) is 13.5 Å². The zero-order valence-corrected chi connectivity index (χ0v) is 11.3. The van der Waals surface area contributed by atoms with E-state index in [4.69, 9.17) is 4.74 Å². The first-order valence-electron chi connectivity index (χ1n) is 6.49. The first kappa shape index (κ1) is 13.9. The summed E-state index contributed by atoms with van der Waals surface area (Å²) in [5.41, 5.74) is 1.17. The third-order valence-corrected chi connectivity index (χ3v) is 2.86. The van der Waals surface area contributed by atoms with E-state index < -0.39 is 0 Å². The largest absolute Gasteiger partial charge is 0.508 e. The van der Waals surface area contributed by atoms with Crippen LogP contribution in [0, 0.1) is 0 Å². The van der Waals surface area contributed by atoms with Crippen molar-refractivity contribution >= 4 is 5.91 Å². The number of aromatic hydroxyl groups is 1. The Kier molecular flexibility index (Phi) is 4.60. The Morgan fingerprint density at radius 3 is 2.60 bits per heavy atom. The second-order valence-electron chi connectivity index (χ2n) is 4.24. The Bertz CT molecular complexity index is 596. The zero-order valence-electron chi connectivity index (χ0n) is 11.3. The molecule has 104 valence electrons. The fourth-order valence-electron chi connectivity index (χ4n) is 1.87. The van der Waals surface area contributed by atoms with E-state index in [1.807, 2.05) is 19.1 Å². The number of rotatable bonds is 5. The Morgan fingerprint density at radius 1 is 1.15 bits per heavy atom. The number of phenolic OH excluding ortho intramolecular Hbond substituents is 1. The minimum Gasteiger partial charge on any atom is -0.508 e. The third kappa shape index (κ3) is 3.29. The Balaban J connectivity index is 2.07. The normalized spacial score (nSPS) is 10.1. The smallest absolute Gasteiger partial charge is 0.255 e. The number of para-hydroxylation sites is 2. The van der Waals surface area contributed by atoms with Crippen LogP contribution < -0.4 is 10.1 Å².